The number of nitrogens with one attached hydrogen (secondary N) is 1. The van der Waals surface area contributed by atoms with Gasteiger partial charge in [0.1, 0.15) is 24.4 Å². The highest BCUT2D eigenvalue weighted by molar-refractivity contribution is 5.78. The second-order valence-corrected chi connectivity index (χ2v) is 12.2. The van der Waals surface area contributed by atoms with Gasteiger partial charge in [0.15, 0.2) is 6.23 Å². The van der Waals surface area contributed by atoms with E-state index in [1.807, 2.05) is 0 Å². The van der Waals surface area contributed by atoms with Crippen LogP contribution >= 0.6 is 0 Å². The Morgan fingerprint density at radius 3 is 1.67 bits per heavy atom. The van der Waals surface area contributed by atoms with Crippen LogP contribution in [0, 0.1) is 0 Å². The number of carbonyl (C=O) groups is 2. The van der Waals surface area contributed by atoms with Crippen molar-refractivity contribution in [2.75, 3.05) is 26.3 Å². The highest BCUT2D eigenvalue weighted by Gasteiger charge is 2.48. The van der Waals surface area contributed by atoms with E-state index in [9.17, 15) is 24.9 Å². The molecule has 0 aliphatic carbocycles. The first kappa shape index (κ1) is 39.6. The Hall–Kier alpha value is -1.46. The number of ether oxygens (including phenoxy) is 2. The molecule has 0 aromatic rings. The second-order valence-electron chi connectivity index (χ2n) is 12.2. The lowest BCUT2D eigenvalue weighted by Gasteiger charge is -2.46. The van der Waals surface area contributed by atoms with E-state index in [-0.39, 0.29) is 13.2 Å². The summed E-state index contributed by atoms with van der Waals surface area (Å²) in [7, 11) is 0. The van der Waals surface area contributed by atoms with Crippen LogP contribution in [0.2, 0.25) is 0 Å². The third-order valence-electron chi connectivity index (χ3n) is 8.43. The monoisotopic (exact) mass is 615 g/mol. The van der Waals surface area contributed by atoms with Crippen LogP contribution in [-0.2, 0) is 14.3 Å². The topological polar surface area (TPSA) is 155 Å². The van der Waals surface area contributed by atoms with Crippen LogP contribution in [-0.4, -0.2) is 89.1 Å². The van der Waals surface area contributed by atoms with Gasteiger partial charge in [0.05, 0.1) is 19.8 Å². The number of amides is 2. The molecule has 1 heterocycles. The molecule has 43 heavy (non-hydrogen) atoms. The van der Waals surface area contributed by atoms with Crippen molar-refractivity contribution in [1.82, 2.24) is 10.2 Å². The van der Waals surface area contributed by atoms with Gasteiger partial charge in [-0.25, -0.2) is 4.79 Å². The molecular weight excluding hydrogens is 550 g/mol. The summed E-state index contributed by atoms with van der Waals surface area (Å²) < 4.78 is 11.6. The maximum absolute atomic E-state index is 13.4. The maximum Gasteiger partial charge on any atom is 0.411 e. The summed E-state index contributed by atoms with van der Waals surface area (Å²) in [5.41, 5.74) is 5.49. The van der Waals surface area contributed by atoms with E-state index < -0.39 is 49.2 Å². The van der Waals surface area contributed by atoms with Crippen LogP contribution in [0.4, 0.5) is 4.79 Å². The number of hydrogen-bond acceptors (Lipinski definition) is 8. The average molecular weight is 616 g/mol. The number of aliphatic hydroxyl groups is 3. The van der Waals surface area contributed by atoms with E-state index in [0.29, 0.717) is 13.0 Å². The molecule has 5 atom stereocenters. The van der Waals surface area contributed by atoms with Crippen molar-refractivity contribution >= 4 is 12.0 Å². The third kappa shape index (κ3) is 17.0. The second kappa shape index (κ2) is 25.8. The molecule has 6 N–H and O–H groups in total. The Labute approximate surface area is 261 Å². The van der Waals surface area contributed by atoms with E-state index >= 15 is 0 Å². The van der Waals surface area contributed by atoms with Crippen molar-refractivity contribution in [1.29, 1.82) is 0 Å². The van der Waals surface area contributed by atoms with Gasteiger partial charge in [-0.15, -0.1) is 0 Å². The van der Waals surface area contributed by atoms with Crippen molar-refractivity contribution in [3.05, 3.63) is 0 Å². The van der Waals surface area contributed by atoms with Gasteiger partial charge in [-0.2, -0.15) is 0 Å². The first-order valence-corrected chi connectivity index (χ1v) is 17.5. The smallest absolute Gasteiger partial charge is 0.411 e. The molecule has 0 saturated carbocycles. The first-order chi connectivity index (χ1) is 20.9. The summed E-state index contributed by atoms with van der Waals surface area (Å²) in [6.07, 6.45) is 17.4. The Morgan fingerprint density at radius 1 is 0.744 bits per heavy atom. The lowest BCUT2D eigenvalue weighted by Crippen LogP contribution is -2.69. The SMILES string of the molecule is CCCCCCCCCCCCOC(=O)N(CCCCCCCCCCCC)[C@@H]1O[C@H](CO)[C@H](O)[C@H](O)[C@H]1NC(=O)CN. The van der Waals surface area contributed by atoms with E-state index in [1.54, 1.807) is 0 Å². The van der Waals surface area contributed by atoms with Crippen molar-refractivity contribution in [2.24, 2.45) is 5.73 Å². The highest BCUT2D eigenvalue weighted by atomic mass is 16.6. The number of rotatable bonds is 26. The summed E-state index contributed by atoms with van der Waals surface area (Å²) in [6.45, 7) is 4.14. The molecule has 1 fully saturated rings. The molecule has 1 aliphatic heterocycles. The molecule has 1 aliphatic rings. The Kier molecular flexibility index (Phi) is 23.8. The van der Waals surface area contributed by atoms with Crippen LogP contribution in [0.1, 0.15) is 142 Å². The molecule has 2 amide bonds. The fraction of sp³-hybridized carbons (Fsp3) is 0.939. The minimum absolute atomic E-state index is 0.269. The Morgan fingerprint density at radius 2 is 1.21 bits per heavy atom. The van der Waals surface area contributed by atoms with Gasteiger partial charge in [0.2, 0.25) is 5.91 Å². The van der Waals surface area contributed by atoms with E-state index in [2.05, 4.69) is 19.2 Å². The van der Waals surface area contributed by atoms with Crippen molar-refractivity contribution in [3.8, 4) is 0 Å². The van der Waals surface area contributed by atoms with Crippen molar-refractivity contribution < 1.29 is 34.4 Å². The van der Waals surface area contributed by atoms with Crippen LogP contribution in [0.3, 0.4) is 0 Å². The Bertz CT molecular complexity index is 699. The minimum atomic E-state index is -1.46. The molecule has 10 heteroatoms. The standard InChI is InChI=1S/C33H65N3O7/c1-3-5-7-9-11-13-15-17-19-21-23-36(33(41)42-24-22-20-18-16-14-12-10-8-6-4-2)32-29(35-28(38)25-34)31(40)30(39)27(26-37)43-32/h27,29-32,37,39-40H,3-26,34H2,1-2H3,(H,35,38)/t27-,29-,30+,31-,32-/m1/s1. The van der Waals surface area contributed by atoms with Crippen LogP contribution in [0.5, 0.6) is 0 Å². The van der Waals surface area contributed by atoms with Gasteiger partial charge in [-0.3, -0.25) is 9.69 Å². The zero-order valence-electron chi connectivity index (χ0n) is 27.4. The predicted molar refractivity (Wildman–Crippen MR) is 170 cm³/mol. The molecule has 0 radical (unpaired) electrons. The van der Waals surface area contributed by atoms with Gasteiger partial charge in [0.25, 0.3) is 0 Å². The predicted octanol–water partition coefficient (Wildman–Crippen LogP) is 5.15. The molecule has 0 aromatic heterocycles. The van der Waals surface area contributed by atoms with E-state index in [4.69, 9.17) is 15.2 Å². The van der Waals surface area contributed by atoms with Crippen molar-refractivity contribution in [2.45, 2.75) is 173 Å². The highest BCUT2D eigenvalue weighted by Crippen LogP contribution is 2.25. The molecule has 0 aromatic carbocycles. The van der Waals surface area contributed by atoms with Gasteiger partial charge >= 0.3 is 6.09 Å². The van der Waals surface area contributed by atoms with Crippen LogP contribution in [0.15, 0.2) is 0 Å². The molecule has 1 saturated heterocycles. The quantitative estimate of drug-likeness (QED) is 0.0837. The fourth-order valence-corrected chi connectivity index (χ4v) is 5.69. The summed E-state index contributed by atoms with van der Waals surface area (Å²) in [4.78, 5) is 26.9. The lowest BCUT2D eigenvalue weighted by atomic mass is 9.95. The molecule has 254 valence electrons. The summed E-state index contributed by atoms with van der Waals surface area (Å²) in [6, 6.07) is -1.12. The summed E-state index contributed by atoms with van der Waals surface area (Å²) in [5, 5.41) is 33.7. The molecule has 0 unspecified atom stereocenters. The number of unbranched alkanes of at least 4 members (excludes halogenated alkanes) is 18. The number of nitrogens with zero attached hydrogens (tertiary/aromatic N) is 1. The minimum Gasteiger partial charge on any atom is -0.449 e. The molecule has 1 rings (SSSR count). The summed E-state index contributed by atoms with van der Waals surface area (Å²) in [5.74, 6) is -0.551. The number of aliphatic hydroxyl groups excluding tert-OH is 3. The Balaban J connectivity index is 2.68. The fourth-order valence-electron chi connectivity index (χ4n) is 5.69. The van der Waals surface area contributed by atoms with Gasteiger partial charge in [0, 0.05) is 6.54 Å². The third-order valence-corrected chi connectivity index (χ3v) is 8.43. The lowest BCUT2D eigenvalue weighted by molar-refractivity contribution is -0.226. The van der Waals surface area contributed by atoms with Gasteiger partial charge in [-0.1, -0.05) is 129 Å². The average Bonchev–Trinajstić information content (AvgIpc) is 3.01. The van der Waals surface area contributed by atoms with Crippen molar-refractivity contribution in [3.63, 3.8) is 0 Å². The molecule has 10 nitrogen and oxygen atoms in total. The molecule has 0 spiro atoms. The van der Waals surface area contributed by atoms with Crippen LogP contribution < -0.4 is 11.1 Å². The van der Waals surface area contributed by atoms with Gasteiger partial charge < -0.3 is 35.8 Å². The maximum atomic E-state index is 13.4. The summed E-state index contributed by atoms with van der Waals surface area (Å²) >= 11 is 0. The number of nitrogens with two attached hydrogens (primary N) is 1. The largest absolute Gasteiger partial charge is 0.449 e. The van der Waals surface area contributed by atoms with E-state index in [0.717, 1.165) is 38.5 Å². The first-order valence-electron chi connectivity index (χ1n) is 17.5. The number of hydrogen-bond donors (Lipinski definition) is 5. The molecular formula is C33H65N3O7. The molecule has 0 bridgehead atoms. The van der Waals surface area contributed by atoms with Gasteiger partial charge in [-0.05, 0) is 12.8 Å². The van der Waals surface area contributed by atoms with Crippen LogP contribution in [0.25, 0.3) is 0 Å². The van der Waals surface area contributed by atoms with E-state index in [1.165, 1.54) is 88.4 Å². The normalized spacial score (nSPS) is 22.0. The number of carbonyl (C=O) groups excluding carboxylic acids is 2. The zero-order valence-corrected chi connectivity index (χ0v) is 27.4. The zero-order chi connectivity index (χ0) is 31.7.